The van der Waals surface area contributed by atoms with Crippen molar-refractivity contribution < 1.29 is 13.2 Å². The molecule has 118 valence electrons. The van der Waals surface area contributed by atoms with Crippen molar-refractivity contribution in [2.24, 2.45) is 0 Å². The molecular weight excluding hydrogens is 277 g/mol. The lowest BCUT2D eigenvalue weighted by Gasteiger charge is -2.24. The third kappa shape index (κ3) is 4.37. The number of anilines is 1. The van der Waals surface area contributed by atoms with E-state index in [0.717, 1.165) is 12.8 Å². The fourth-order valence-electron chi connectivity index (χ4n) is 2.23. The van der Waals surface area contributed by atoms with Gasteiger partial charge in [-0.25, -0.2) is 0 Å². The summed E-state index contributed by atoms with van der Waals surface area (Å²) in [6.45, 7) is 6.03. The summed E-state index contributed by atoms with van der Waals surface area (Å²) in [5.41, 5.74) is 0.186. The van der Waals surface area contributed by atoms with Gasteiger partial charge in [-0.05, 0) is 51.3 Å². The summed E-state index contributed by atoms with van der Waals surface area (Å²) in [6, 6.07) is 5.05. The van der Waals surface area contributed by atoms with E-state index in [2.05, 4.69) is 5.32 Å². The summed E-state index contributed by atoms with van der Waals surface area (Å²) >= 11 is 0. The Hall–Kier alpha value is -1.23. The Kier molecular flexibility index (Phi) is 4.24. The number of nitrogens with one attached hydrogen (secondary N) is 1. The van der Waals surface area contributed by atoms with Gasteiger partial charge in [-0.2, -0.15) is 13.2 Å². The highest BCUT2D eigenvalue weighted by molar-refractivity contribution is 5.53. The second-order valence-electron chi connectivity index (χ2n) is 6.78. The zero-order chi connectivity index (χ0) is 15.8. The number of hydrogen-bond acceptors (Lipinski definition) is 2. The Morgan fingerprint density at radius 1 is 1.19 bits per heavy atom. The molecular formula is C16H23F3N2. The molecule has 21 heavy (non-hydrogen) atoms. The van der Waals surface area contributed by atoms with Crippen LogP contribution in [0, 0.1) is 0 Å². The quantitative estimate of drug-likeness (QED) is 0.897. The number of rotatable bonds is 4. The molecule has 0 aromatic heterocycles. The van der Waals surface area contributed by atoms with E-state index < -0.39 is 11.7 Å². The molecule has 2 rings (SSSR count). The summed E-state index contributed by atoms with van der Waals surface area (Å²) in [4.78, 5) is 1.94. The van der Waals surface area contributed by atoms with Crippen LogP contribution in [0.5, 0.6) is 0 Å². The second-order valence-corrected chi connectivity index (χ2v) is 6.78. The van der Waals surface area contributed by atoms with Crippen LogP contribution < -0.4 is 10.2 Å². The zero-order valence-corrected chi connectivity index (χ0v) is 13.0. The summed E-state index contributed by atoms with van der Waals surface area (Å²) in [7, 11) is 1.86. The molecule has 1 saturated carbocycles. The molecule has 0 radical (unpaired) electrons. The number of halogens is 3. The molecule has 0 unspecified atom stereocenters. The fraction of sp³-hybridized carbons (Fsp3) is 0.625. The first kappa shape index (κ1) is 16.1. The van der Waals surface area contributed by atoms with Gasteiger partial charge in [0.05, 0.1) is 5.56 Å². The van der Waals surface area contributed by atoms with Gasteiger partial charge in [0.25, 0.3) is 0 Å². The normalized spacial score (nSPS) is 16.1. The van der Waals surface area contributed by atoms with Crippen molar-refractivity contribution in [3.63, 3.8) is 0 Å². The first-order chi connectivity index (χ1) is 9.58. The van der Waals surface area contributed by atoms with Gasteiger partial charge in [0, 0.05) is 30.9 Å². The monoisotopic (exact) mass is 300 g/mol. The molecule has 1 N–H and O–H groups in total. The van der Waals surface area contributed by atoms with Crippen molar-refractivity contribution in [2.75, 3.05) is 11.9 Å². The Balaban J connectivity index is 2.27. The summed E-state index contributed by atoms with van der Waals surface area (Å²) in [5, 5.41) is 3.12. The number of hydrogen-bond donors (Lipinski definition) is 1. The molecule has 1 fully saturated rings. The zero-order valence-electron chi connectivity index (χ0n) is 13.0. The molecule has 0 spiro atoms. The highest BCUT2D eigenvalue weighted by Gasteiger charge is 2.35. The molecule has 1 aliphatic rings. The van der Waals surface area contributed by atoms with Gasteiger partial charge < -0.3 is 10.2 Å². The van der Waals surface area contributed by atoms with Gasteiger partial charge in [-0.15, -0.1) is 0 Å². The first-order valence-corrected chi connectivity index (χ1v) is 7.26. The predicted molar refractivity (Wildman–Crippen MR) is 79.5 cm³/mol. The van der Waals surface area contributed by atoms with Gasteiger partial charge >= 0.3 is 6.18 Å². The molecule has 0 amide bonds. The van der Waals surface area contributed by atoms with Gasteiger partial charge in [0.2, 0.25) is 0 Å². The average molecular weight is 300 g/mol. The number of benzene rings is 1. The van der Waals surface area contributed by atoms with Gasteiger partial charge in [0.15, 0.2) is 0 Å². The predicted octanol–water partition coefficient (Wildman–Crippen LogP) is 4.19. The number of nitrogens with zero attached hydrogens (tertiary/aromatic N) is 1. The van der Waals surface area contributed by atoms with Crippen LogP contribution in [-0.2, 0) is 12.7 Å². The van der Waals surface area contributed by atoms with Crippen molar-refractivity contribution >= 4 is 5.69 Å². The molecule has 5 heteroatoms. The molecule has 1 aliphatic carbocycles. The first-order valence-electron chi connectivity index (χ1n) is 7.26. The lowest BCUT2D eigenvalue weighted by molar-refractivity contribution is -0.138. The molecule has 0 aliphatic heterocycles. The van der Waals surface area contributed by atoms with Gasteiger partial charge in [0.1, 0.15) is 0 Å². The van der Waals surface area contributed by atoms with E-state index in [9.17, 15) is 13.2 Å². The van der Waals surface area contributed by atoms with Crippen molar-refractivity contribution in [2.45, 2.75) is 57.9 Å². The van der Waals surface area contributed by atoms with E-state index in [1.54, 1.807) is 12.1 Å². The molecule has 1 aromatic rings. The largest absolute Gasteiger partial charge is 0.416 e. The van der Waals surface area contributed by atoms with E-state index in [-0.39, 0.29) is 12.1 Å². The minimum atomic E-state index is -4.32. The van der Waals surface area contributed by atoms with Crippen molar-refractivity contribution in [1.82, 2.24) is 5.32 Å². The van der Waals surface area contributed by atoms with Crippen LogP contribution in [-0.4, -0.2) is 18.6 Å². The van der Waals surface area contributed by atoms with E-state index in [1.165, 1.54) is 6.07 Å². The molecule has 0 bridgehead atoms. The van der Waals surface area contributed by atoms with Crippen LogP contribution in [0.2, 0.25) is 0 Å². The molecule has 2 nitrogen and oxygen atoms in total. The topological polar surface area (TPSA) is 15.3 Å². The Morgan fingerprint density at radius 3 is 2.29 bits per heavy atom. The SMILES string of the molecule is CN(c1ccc(CNC(C)(C)C)c(C(F)(F)F)c1)C1CC1. The fourth-order valence-corrected chi connectivity index (χ4v) is 2.23. The van der Waals surface area contributed by atoms with E-state index in [0.29, 0.717) is 17.3 Å². The Morgan fingerprint density at radius 2 is 1.81 bits per heavy atom. The smallest absolute Gasteiger partial charge is 0.372 e. The van der Waals surface area contributed by atoms with Crippen LogP contribution in [0.1, 0.15) is 44.7 Å². The summed E-state index contributed by atoms with van der Waals surface area (Å²) in [6.07, 6.45) is -2.20. The lowest BCUT2D eigenvalue weighted by atomic mass is 10.0. The Labute approximate surface area is 124 Å². The molecule has 1 aromatic carbocycles. The maximum atomic E-state index is 13.3. The van der Waals surface area contributed by atoms with Crippen molar-refractivity contribution in [3.05, 3.63) is 29.3 Å². The molecule has 0 heterocycles. The third-order valence-corrected chi connectivity index (χ3v) is 3.71. The van der Waals surface area contributed by atoms with Crippen LogP contribution in [0.25, 0.3) is 0 Å². The molecule has 0 atom stereocenters. The summed E-state index contributed by atoms with van der Waals surface area (Å²) < 4.78 is 39.8. The van der Waals surface area contributed by atoms with Crippen LogP contribution in [0.15, 0.2) is 18.2 Å². The van der Waals surface area contributed by atoms with E-state index in [4.69, 9.17) is 0 Å². The number of alkyl halides is 3. The molecule has 0 saturated heterocycles. The second kappa shape index (κ2) is 5.52. The highest BCUT2D eigenvalue weighted by atomic mass is 19.4. The minimum absolute atomic E-state index is 0.214. The third-order valence-electron chi connectivity index (χ3n) is 3.71. The maximum Gasteiger partial charge on any atom is 0.416 e. The summed E-state index contributed by atoms with van der Waals surface area (Å²) in [5.74, 6) is 0. The van der Waals surface area contributed by atoms with Crippen molar-refractivity contribution in [1.29, 1.82) is 0 Å². The van der Waals surface area contributed by atoms with Crippen LogP contribution in [0.4, 0.5) is 18.9 Å². The van der Waals surface area contributed by atoms with Crippen molar-refractivity contribution in [3.8, 4) is 0 Å². The van der Waals surface area contributed by atoms with E-state index in [1.807, 2.05) is 32.7 Å². The van der Waals surface area contributed by atoms with Gasteiger partial charge in [-0.3, -0.25) is 0 Å². The maximum absolute atomic E-state index is 13.3. The van der Waals surface area contributed by atoms with Gasteiger partial charge in [-0.1, -0.05) is 6.07 Å². The van der Waals surface area contributed by atoms with Crippen LogP contribution in [0.3, 0.4) is 0 Å². The van der Waals surface area contributed by atoms with Crippen LogP contribution >= 0.6 is 0 Å². The average Bonchev–Trinajstić information content (AvgIpc) is 3.17. The standard InChI is InChI=1S/C16H23F3N2/c1-15(2,3)20-10-11-5-6-13(21(4)12-7-8-12)9-14(11)16(17,18)19/h5-6,9,12,20H,7-8,10H2,1-4H3. The minimum Gasteiger partial charge on any atom is -0.372 e. The van der Waals surface area contributed by atoms with E-state index >= 15 is 0 Å². The Bertz CT molecular complexity index is 499. The lowest BCUT2D eigenvalue weighted by Crippen LogP contribution is -2.35. The highest BCUT2D eigenvalue weighted by Crippen LogP contribution is 2.37.